The Morgan fingerprint density at radius 2 is 2.00 bits per heavy atom. The largest absolute Gasteiger partial charge is 0.467 e. The van der Waals surface area contributed by atoms with E-state index in [-0.39, 0.29) is 18.5 Å². The minimum absolute atomic E-state index is 0.0872. The molecule has 2 aromatic heterocycles. The van der Waals surface area contributed by atoms with Gasteiger partial charge in [-0.3, -0.25) is 9.78 Å². The van der Waals surface area contributed by atoms with Gasteiger partial charge in [0.1, 0.15) is 5.76 Å². The number of rotatable bonds is 7. The van der Waals surface area contributed by atoms with E-state index in [1.165, 1.54) is 6.26 Å². The van der Waals surface area contributed by atoms with E-state index in [0.29, 0.717) is 25.3 Å². The molecule has 0 saturated heterocycles. The van der Waals surface area contributed by atoms with E-state index < -0.39 is 0 Å². The molecule has 0 saturated carbocycles. The summed E-state index contributed by atoms with van der Waals surface area (Å²) in [4.78, 5) is 27.2. The fraction of sp³-hybridized carbons (Fsp3) is 0.267. The second-order valence-corrected chi connectivity index (χ2v) is 4.54. The monoisotopic (exact) mass is 302 g/mol. The molecule has 0 radical (unpaired) electrons. The lowest BCUT2D eigenvalue weighted by Crippen LogP contribution is -2.42. The van der Waals surface area contributed by atoms with E-state index in [0.717, 1.165) is 5.69 Å². The molecule has 7 heteroatoms. The summed E-state index contributed by atoms with van der Waals surface area (Å²) in [5.74, 6) is 0.379. The summed E-state index contributed by atoms with van der Waals surface area (Å²) in [5.41, 5.74) is 0.902. The van der Waals surface area contributed by atoms with Crippen molar-refractivity contribution in [3.05, 3.63) is 54.2 Å². The van der Waals surface area contributed by atoms with Crippen LogP contribution in [0.2, 0.25) is 0 Å². The average Bonchev–Trinajstić information content (AvgIpc) is 3.05. The minimum atomic E-state index is -0.385. The molecule has 7 nitrogen and oxygen atoms in total. The predicted octanol–water partition coefficient (Wildman–Crippen LogP) is 0.833. The van der Waals surface area contributed by atoms with Crippen LogP contribution in [0.15, 0.2) is 47.2 Å². The van der Waals surface area contributed by atoms with Gasteiger partial charge < -0.3 is 20.4 Å². The number of carbonyl (C=O) groups excluding carboxylic acids is 2. The van der Waals surface area contributed by atoms with Gasteiger partial charge in [0.05, 0.1) is 19.4 Å². The maximum absolute atomic E-state index is 11.5. The van der Waals surface area contributed by atoms with E-state index in [1.54, 1.807) is 18.3 Å². The number of carbonyl (C=O) groups is 2. The van der Waals surface area contributed by atoms with Crippen LogP contribution in [0.4, 0.5) is 4.79 Å². The number of hydrogen-bond donors (Lipinski definition) is 3. The standard InChI is InChI=1S/C15H18N4O3/c20-14(18-10-13-5-3-9-22-13)11-19-15(21)17-8-6-12-4-1-2-7-16-12/h1-5,7,9H,6,8,10-11H2,(H,18,20)(H2,17,19,21). The SMILES string of the molecule is O=C(CNC(=O)NCCc1ccccn1)NCc1ccco1. The van der Waals surface area contributed by atoms with Gasteiger partial charge in [0.2, 0.25) is 5.91 Å². The Hall–Kier alpha value is -2.83. The van der Waals surface area contributed by atoms with Gasteiger partial charge in [0.15, 0.2) is 0 Å². The van der Waals surface area contributed by atoms with Crippen LogP contribution in [0.3, 0.4) is 0 Å². The minimum Gasteiger partial charge on any atom is -0.467 e. The molecule has 22 heavy (non-hydrogen) atoms. The summed E-state index contributed by atoms with van der Waals surface area (Å²) in [7, 11) is 0. The number of nitrogens with one attached hydrogen (secondary N) is 3. The van der Waals surface area contributed by atoms with Crippen molar-refractivity contribution >= 4 is 11.9 Å². The molecule has 0 aliphatic carbocycles. The lowest BCUT2D eigenvalue weighted by Gasteiger charge is -2.07. The van der Waals surface area contributed by atoms with Crippen LogP contribution in [0, 0.1) is 0 Å². The Labute approximate surface area is 128 Å². The highest BCUT2D eigenvalue weighted by Crippen LogP contribution is 1.97. The van der Waals surface area contributed by atoms with Crippen molar-refractivity contribution in [1.29, 1.82) is 0 Å². The van der Waals surface area contributed by atoms with Gasteiger partial charge in [0.25, 0.3) is 0 Å². The van der Waals surface area contributed by atoms with Crippen LogP contribution in [-0.2, 0) is 17.8 Å². The Bertz CT molecular complexity index is 584. The fourth-order valence-electron chi connectivity index (χ4n) is 1.73. The summed E-state index contributed by atoms with van der Waals surface area (Å²) in [6.45, 7) is 0.668. The van der Waals surface area contributed by atoms with Crippen molar-refractivity contribution in [1.82, 2.24) is 20.9 Å². The zero-order chi connectivity index (χ0) is 15.6. The molecule has 0 aliphatic rings. The van der Waals surface area contributed by atoms with E-state index in [2.05, 4.69) is 20.9 Å². The quantitative estimate of drug-likeness (QED) is 0.706. The first-order valence-electron chi connectivity index (χ1n) is 6.95. The predicted molar refractivity (Wildman–Crippen MR) is 79.9 cm³/mol. The van der Waals surface area contributed by atoms with E-state index >= 15 is 0 Å². The van der Waals surface area contributed by atoms with Crippen LogP contribution in [0.25, 0.3) is 0 Å². The third kappa shape index (κ3) is 5.66. The number of hydrogen-bond acceptors (Lipinski definition) is 4. The van der Waals surface area contributed by atoms with Crippen molar-refractivity contribution in [2.45, 2.75) is 13.0 Å². The van der Waals surface area contributed by atoms with Crippen LogP contribution < -0.4 is 16.0 Å². The second kappa shape index (κ2) is 8.46. The molecule has 0 unspecified atom stereocenters. The average molecular weight is 302 g/mol. The highest BCUT2D eigenvalue weighted by molar-refractivity contribution is 5.83. The molecule has 2 rings (SSSR count). The second-order valence-electron chi connectivity index (χ2n) is 4.54. The number of pyridine rings is 1. The van der Waals surface area contributed by atoms with Crippen LogP contribution in [0.5, 0.6) is 0 Å². The van der Waals surface area contributed by atoms with Crippen molar-refractivity contribution in [2.75, 3.05) is 13.1 Å². The molecule has 0 aromatic carbocycles. The lowest BCUT2D eigenvalue weighted by atomic mass is 10.3. The van der Waals surface area contributed by atoms with Gasteiger partial charge in [-0.2, -0.15) is 0 Å². The third-order valence-electron chi connectivity index (χ3n) is 2.84. The maximum Gasteiger partial charge on any atom is 0.315 e. The summed E-state index contributed by atoms with van der Waals surface area (Å²) < 4.78 is 5.08. The summed E-state index contributed by atoms with van der Waals surface area (Å²) in [6, 6.07) is 8.75. The normalized spacial score (nSPS) is 10.0. The first-order chi connectivity index (χ1) is 10.7. The number of furan rings is 1. The molecule has 0 spiro atoms. The Morgan fingerprint density at radius 1 is 1.09 bits per heavy atom. The Morgan fingerprint density at radius 3 is 2.73 bits per heavy atom. The molecule has 2 heterocycles. The van der Waals surface area contributed by atoms with E-state index in [4.69, 9.17) is 4.42 Å². The van der Waals surface area contributed by atoms with Gasteiger partial charge in [0, 0.05) is 24.9 Å². The molecule has 0 fully saturated rings. The molecule has 116 valence electrons. The summed E-state index contributed by atoms with van der Waals surface area (Å²) in [6.07, 6.45) is 3.88. The van der Waals surface area contributed by atoms with Crippen molar-refractivity contribution in [3.63, 3.8) is 0 Å². The van der Waals surface area contributed by atoms with Crippen molar-refractivity contribution in [2.24, 2.45) is 0 Å². The van der Waals surface area contributed by atoms with Gasteiger partial charge in [-0.25, -0.2) is 4.79 Å². The first-order valence-corrected chi connectivity index (χ1v) is 6.95. The van der Waals surface area contributed by atoms with Gasteiger partial charge in [-0.1, -0.05) is 6.07 Å². The van der Waals surface area contributed by atoms with Crippen LogP contribution in [0.1, 0.15) is 11.5 Å². The molecular weight excluding hydrogens is 284 g/mol. The smallest absolute Gasteiger partial charge is 0.315 e. The molecular formula is C15H18N4O3. The number of nitrogens with zero attached hydrogens (tertiary/aromatic N) is 1. The number of amides is 3. The van der Waals surface area contributed by atoms with Crippen molar-refractivity contribution in [3.8, 4) is 0 Å². The van der Waals surface area contributed by atoms with Gasteiger partial charge >= 0.3 is 6.03 Å². The zero-order valence-corrected chi connectivity index (χ0v) is 12.0. The fourth-order valence-corrected chi connectivity index (χ4v) is 1.73. The molecule has 0 aliphatic heterocycles. The summed E-state index contributed by atoms with van der Waals surface area (Å²) in [5, 5.41) is 7.79. The van der Waals surface area contributed by atoms with E-state index in [9.17, 15) is 9.59 Å². The van der Waals surface area contributed by atoms with Crippen LogP contribution in [-0.4, -0.2) is 30.0 Å². The van der Waals surface area contributed by atoms with E-state index in [1.807, 2.05) is 18.2 Å². The molecule has 3 N–H and O–H groups in total. The highest BCUT2D eigenvalue weighted by atomic mass is 16.3. The molecule has 0 bridgehead atoms. The topological polar surface area (TPSA) is 96.3 Å². The third-order valence-corrected chi connectivity index (χ3v) is 2.84. The zero-order valence-electron chi connectivity index (χ0n) is 12.0. The molecule has 3 amide bonds. The highest BCUT2D eigenvalue weighted by Gasteiger charge is 2.05. The van der Waals surface area contributed by atoms with Crippen LogP contribution >= 0.6 is 0 Å². The van der Waals surface area contributed by atoms with Gasteiger partial charge in [-0.15, -0.1) is 0 Å². The van der Waals surface area contributed by atoms with Gasteiger partial charge in [-0.05, 0) is 24.3 Å². The first kappa shape index (κ1) is 15.6. The maximum atomic E-state index is 11.5. The molecule has 2 aromatic rings. The number of urea groups is 1. The Kier molecular flexibility index (Phi) is 5.98. The number of aromatic nitrogens is 1. The lowest BCUT2D eigenvalue weighted by molar-refractivity contribution is -0.120. The summed E-state index contributed by atoms with van der Waals surface area (Å²) >= 11 is 0. The van der Waals surface area contributed by atoms with Crippen molar-refractivity contribution < 1.29 is 14.0 Å². The molecule has 0 atom stereocenters. The Balaban J connectivity index is 1.56.